The van der Waals surface area contributed by atoms with Crippen molar-refractivity contribution < 1.29 is 19.0 Å². The minimum absolute atomic E-state index is 0.295. The number of anilines is 1. The van der Waals surface area contributed by atoms with E-state index in [1.54, 1.807) is 25.2 Å². The van der Waals surface area contributed by atoms with E-state index in [0.29, 0.717) is 34.6 Å². The standard InChI is InChI=1S/C24H23FN4O3/c1-15(4-5-16(2)26-3)12-27-24-20-10-18(17-6-8-19(25)9-7-17)11-21(32-13-22(30)31)23(20)28-14-29-24/h4-11,14H,1,12-13H2,2-3H3,(H,30,31)(H,27,28,29)/b5-4-,26-16?. The maximum atomic E-state index is 13.4. The lowest BCUT2D eigenvalue weighted by atomic mass is 10.0. The Morgan fingerprint density at radius 2 is 1.97 bits per heavy atom. The van der Waals surface area contributed by atoms with Gasteiger partial charge < -0.3 is 15.2 Å². The molecule has 0 saturated carbocycles. The summed E-state index contributed by atoms with van der Waals surface area (Å²) in [4.78, 5) is 23.7. The van der Waals surface area contributed by atoms with Crippen molar-refractivity contribution >= 4 is 28.4 Å². The predicted octanol–water partition coefficient (Wildman–Crippen LogP) is 4.51. The Hall–Kier alpha value is -4.07. The summed E-state index contributed by atoms with van der Waals surface area (Å²) in [5.41, 5.74) is 3.61. The quantitative estimate of drug-likeness (QED) is 0.380. The predicted molar refractivity (Wildman–Crippen MR) is 124 cm³/mol. The second-order valence-corrected chi connectivity index (χ2v) is 6.99. The third kappa shape index (κ3) is 5.75. The molecule has 3 aromatic rings. The van der Waals surface area contributed by atoms with Crippen LogP contribution in [0, 0.1) is 5.82 Å². The molecule has 1 heterocycles. The van der Waals surface area contributed by atoms with E-state index in [2.05, 4.69) is 26.9 Å². The van der Waals surface area contributed by atoms with Gasteiger partial charge in [-0.2, -0.15) is 0 Å². The Balaban J connectivity index is 2.00. The van der Waals surface area contributed by atoms with Crippen LogP contribution in [0.2, 0.25) is 0 Å². The van der Waals surface area contributed by atoms with Gasteiger partial charge in [-0.1, -0.05) is 24.8 Å². The number of halogens is 1. The molecular formula is C24H23FN4O3. The first-order valence-corrected chi connectivity index (χ1v) is 9.79. The van der Waals surface area contributed by atoms with Gasteiger partial charge in [0.15, 0.2) is 6.61 Å². The minimum atomic E-state index is -1.10. The van der Waals surface area contributed by atoms with Gasteiger partial charge in [0.1, 0.15) is 29.2 Å². The number of nitrogens with zero attached hydrogens (tertiary/aromatic N) is 3. The first-order valence-electron chi connectivity index (χ1n) is 9.79. The fourth-order valence-electron chi connectivity index (χ4n) is 2.90. The Morgan fingerprint density at radius 1 is 1.22 bits per heavy atom. The molecule has 0 spiro atoms. The topological polar surface area (TPSA) is 96.7 Å². The zero-order valence-electron chi connectivity index (χ0n) is 17.8. The van der Waals surface area contributed by atoms with Crippen LogP contribution < -0.4 is 10.1 Å². The van der Waals surface area contributed by atoms with Gasteiger partial charge in [-0.3, -0.25) is 4.99 Å². The third-order valence-electron chi connectivity index (χ3n) is 4.63. The zero-order valence-corrected chi connectivity index (χ0v) is 17.8. The molecule has 8 heteroatoms. The number of carboxylic acid groups (broad SMARTS) is 1. The average molecular weight is 434 g/mol. The molecule has 0 amide bonds. The molecule has 3 rings (SSSR count). The molecule has 0 unspecified atom stereocenters. The molecule has 0 bridgehead atoms. The lowest BCUT2D eigenvalue weighted by Crippen LogP contribution is -2.10. The van der Waals surface area contributed by atoms with Crippen LogP contribution in [0.1, 0.15) is 6.92 Å². The van der Waals surface area contributed by atoms with Gasteiger partial charge in [-0.05, 0) is 54.0 Å². The van der Waals surface area contributed by atoms with Crippen LogP contribution in [-0.2, 0) is 4.79 Å². The number of allylic oxidation sites excluding steroid dienone is 1. The zero-order chi connectivity index (χ0) is 23.1. The maximum absolute atomic E-state index is 13.4. The number of hydrogen-bond acceptors (Lipinski definition) is 6. The first kappa shape index (κ1) is 22.6. The molecule has 0 fully saturated rings. The highest BCUT2D eigenvalue weighted by molar-refractivity contribution is 5.97. The number of aromatic nitrogens is 2. The number of aliphatic imine (C=N–C) groups is 1. The monoisotopic (exact) mass is 434 g/mol. The fraction of sp³-hybridized carbons (Fsp3) is 0.167. The second-order valence-electron chi connectivity index (χ2n) is 6.99. The van der Waals surface area contributed by atoms with E-state index < -0.39 is 12.6 Å². The van der Waals surface area contributed by atoms with Crippen molar-refractivity contribution in [2.24, 2.45) is 4.99 Å². The Morgan fingerprint density at radius 3 is 2.66 bits per heavy atom. The lowest BCUT2D eigenvalue weighted by Gasteiger charge is -2.14. The number of carbonyl (C=O) groups is 1. The van der Waals surface area contributed by atoms with Crippen LogP contribution in [0.25, 0.3) is 22.0 Å². The Kier molecular flexibility index (Phi) is 7.28. The van der Waals surface area contributed by atoms with E-state index in [9.17, 15) is 9.18 Å². The summed E-state index contributed by atoms with van der Waals surface area (Å²) in [6, 6.07) is 9.53. The largest absolute Gasteiger partial charge is 0.480 e. The van der Waals surface area contributed by atoms with Gasteiger partial charge in [-0.25, -0.2) is 19.2 Å². The average Bonchev–Trinajstić information content (AvgIpc) is 2.79. The number of hydrogen-bond donors (Lipinski definition) is 2. The molecule has 32 heavy (non-hydrogen) atoms. The highest BCUT2D eigenvalue weighted by Crippen LogP contribution is 2.34. The van der Waals surface area contributed by atoms with Crippen molar-refractivity contribution in [1.82, 2.24) is 9.97 Å². The molecule has 2 N–H and O–H groups in total. The Bertz CT molecular complexity index is 1200. The van der Waals surface area contributed by atoms with Crippen LogP contribution in [0.3, 0.4) is 0 Å². The van der Waals surface area contributed by atoms with Crippen molar-refractivity contribution in [2.75, 3.05) is 25.5 Å². The van der Waals surface area contributed by atoms with Crippen LogP contribution in [0.4, 0.5) is 10.2 Å². The molecule has 0 atom stereocenters. The van der Waals surface area contributed by atoms with Crippen LogP contribution in [-0.4, -0.2) is 47.0 Å². The number of aliphatic carboxylic acids is 1. The van der Waals surface area contributed by atoms with E-state index >= 15 is 0 Å². The van der Waals surface area contributed by atoms with Crippen molar-refractivity contribution in [3.8, 4) is 16.9 Å². The van der Waals surface area contributed by atoms with Crippen molar-refractivity contribution in [3.05, 3.63) is 72.8 Å². The lowest BCUT2D eigenvalue weighted by molar-refractivity contribution is -0.139. The molecule has 0 saturated heterocycles. The number of benzene rings is 2. The van der Waals surface area contributed by atoms with Gasteiger partial charge in [0.05, 0.1) is 0 Å². The van der Waals surface area contributed by atoms with Crippen molar-refractivity contribution in [1.29, 1.82) is 0 Å². The molecule has 0 aliphatic carbocycles. The molecule has 164 valence electrons. The summed E-state index contributed by atoms with van der Waals surface area (Å²) >= 11 is 0. The Labute approximate surface area is 185 Å². The molecule has 1 aromatic heterocycles. The van der Waals surface area contributed by atoms with E-state index in [1.165, 1.54) is 18.5 Å². The van der Waals surface area contributed by atoms with Crippen molar-refractivity contribution in [2.45, 2.75) is 6.92 Å². The maximum Gasteiger partial charge on any atom is 0.341 e. The first-order chi connectivity index (χ1) is 15.4. The van der Waals surface area contributed by atoms with E-state index in [1.807, 2.05) is 25.1 Å². The number of ether oxygens (including phenoxy) is 1. The molecular weight excluding hydrogens is 411 g/mol. The second kappa shape index (κ2) is 10.3. The van der Waals surface area contributed by atoms with Crippen LogP contribution in [0.5, 0.6) is 5.75 Å². The molecule has 0 radical (unpaired) electrons. The summed E-state index contributed by atoms with van der Waals surface area (Å²) < 4.78 is 18.9. The van der Waals surface area contributed by atoms with Crippen LogP contribution >= 0.6 is 0 Å². The summed E-state index contributed by atoms with van der Waals surface area (Å²) in [7, 11) is 1.72. The third-order valence-corrected chi connectivity index (χ3v) is 4.63. The molecule has 0 aliphatic heterocycles. The summed E-state index contributed by atoms with van der Waals surface area (Å²) in [5, 5.41) is 12.9. The number of carboxylic acids is 1. The van der Waals surface area contributed by atoms with E-state index in [4.69, 9.17) is 9.84 Å². The number of fused-ring (bicyclic) bond motifs is 1. The van der Waals surface area contributed by atoms with Crippen molar-refractivity contribution in [3.63, 3.8) is 0 Å². The SMILES string of the molecule is C=C(/C=C\C(C)=NC)CNc1ncnc2c(OCC(=O)O)cc(-c3ccc(F)cc3)cc12. The van der Waals surface area contributed by atoms with Gasteiger partial charge in [0.2, 0.25) is 0 Å². The van der Waals surface area contributed by atoms with Gasteiger partial charge in [-0.15, -0.1) is 0 Å². The van der Waals surface area contributed by atoms with Gasteiger partial charge >= 0.3 is 5.97 Å². The normalized spacial score (nSPS) is 11.7. The number of nitrogens with one attached hydrogen (secondary N) is 1. The van der Waals surface area contributed by atoms with Gasteiger partial charge in [0, 0.05) is 24.7 Å². The highest BCUT2D eigenvalue weighted by Gasteiger charge is 2.14. The molecule has 2 aromatic carbocycles. The summed E-state index contributed by atoms with van der Waals surface area (Å²) in [5.74, 6) is -0.623. The molecule has 0 aliphatic rings. The van der Waals surface area contributed by atoms with E-state index in [0.717, 1.165) is 16.8 Å². The van der Waals surface area contributed by atoms with E-state index in [-0.39, 0.29) is 5.82 Å². The fourth-order valence-corrected chi connectivity index (χ4v) is 2.90. The van der Waals surface area contributed by atoms with Gasteiger partial charge in [0.25, 0.3) is 0 Å². The summed E-state index contributed by atoms with van der Waals surface area (Å²) in [6.45, 7) is 5.82. The highest BCUT2D eigenvalue weighted by atomic mass is 19.1. The molecule has 7 nitrogen and oxygen atoms in total. The summed E-state index contributed by atoms with van der Waals surface area (Å²) in [6.07, 6.45) is 5.11. The smallest absolute Gasteiger partial charge is 0.341 e. The number of rotatable bonds is 9. The minimum Gasteiger partial charge on any atom is -0.480 e. The van der Waals surface area contributed by atoms with Crippen LogP contribution in [0.15, 0.2) is 72.0 Å².